The smallest absolute Gasteiger partial charge is 0.378 e. The summed E-state index contributed by atoms with van der Waals surface area (Å²) in [5.41, 5.74) is 1.07. The molecule has 1 aromatic heterocycles. The maximum atomic E-state index is 14.1. The minimum Gasteiger partial charge on any atom is -0.378 e. The quantitative estimate of drug-likeness (QED) is 0.423. The molecule has 6 nitrogen and oxygen atoms in total. The normalized spacial score (nSPS) is 14.6. The maximum absolute atomic E-state index is 14.1. The molecule has 2 heterocycles. The Morgan fingerprint density at radius 1 is 1.06 bits per heavy atom. The first kappa shape index (κ1) is 22.7. The van der Waals surface area contributed by atoms with Gasteiger partial charge in [-0.25, -0.2) is 14.4 Å². The third-order valence-electron chi connectivity index (χ3n) is 4.95. The van der Waals surface area contributed by atoms with Gasteiger partial charge in [-0.2, -0.15) is 13.2 Å². The van der Waals surface area contributed by atoms with Gasteiger partial charge in [0, 0.05) is 30.7 Å². The van der Waals surface area contributed by atoms with E-state index in [0.29, 0.717) is 43.5 Å². The van der Waals surface area contributed by atoms with Gasteiger partial charge in [-0.05, 0) is 35.9 Å². The van der Waals surface area contributed by atoms with E-state index in [4.69, 9.17) is 4.74 Å². The molecule has 0 radical (unpaired) electrons. The Morgan fingerprint density at radius 3 is 2.55 bits per heavy atom. The summed E-state index contributed by atoms with van der Waals surface area (Å²) in [7, 11) is 0. The van der Waals surface area contributed by atoms with Crippen LogP contribution in [0, 0.1) is 5.82 Å². The maximum Gasteiger partial charge on any atom is 0.416 e. The van der Waals surface area contributed by atoms with Gasteiger partial charge < -0.3 is 15.0 Å². The summed E-state index contributed by atoms with van der Waals surface area (Å²) >= 11 is 0. The van der Waals surface area contributed by atoms with Gasteiger partial charge in [0.2, 0.25) is 0 Å². The van der Waals surface area contributed by atoms with E-state index in [2.05, 4.69) is 20.3 Å². The highest BCUT2D eigenvalue weighted by atomic mass is 19.4. The third kappa shape index (κ3) is 6.04. The van der Waals surface area contributed by atoms with Crippen LogP contribution in [0.25, 0.3) is 0 Å². The van der Waals surface area contributed by atoms with Crippen LogP contribution in [-0.4, -0.2) is 42.5 Å². The lowest BCUT2D eigenvalue weighted by molar-refractivity contribution is -0.137. The van der Waals surface area contributed by atoms with Crippen LogP contribution in [0.5, 0.6) is 0 Å². The number of halogens is 4. The van der Waals surface area contributed by atoms with Gasteiger partial charge in [0.25, 0.3) is 0 Å². The Kier molecular flexibility index (Phi) is 6.83. The molecule has 0 unspecified atom stereocenters. The number of alkyl halides is 3. The number of hydrogen-bond acceptors (Lipinski definition) is 6. The molecule has 0 spiro atoms. The van der Waals surface area contributed by atoms with Gasteiger partial charge in [-0.1, -0.05) is 18.2 Å². The van der Waals surface area contributed by atoms with Crippen molar-refractivity contribution < 1.29 is 22.3 Å². The standard InChI is InChI=1S/C23H21F4N5O/c24-20-14-29-21(31-22(20)32-8-10-33-11-9-32)15-28-13-16-4-6-18(7-5-16)30-19-3-1-2-17(12-19)23(25,26)27/h1-7,12-14,30H,8-11,15H2. The molecule has 4 rings (SSSR count). The zero-order valence-corrected chi connectivity index (χ0v) is 17.5. The van der Waals surface area contributed by atoms with Gasteiger partial charge in [0.1, 0.15) is 0 Å². The number of morpholine rings is 1. The summed E-state index contributed by atoms with van der Waals surface area (Å²) in [6.45, 7) is 2.36. The average Bonchev–Trinajstić information content (AvgIpc) is 2.81. The predicted octanol–water partition coefficient (Wildman–Crippen LogP) is 4.83. The van der Waals surface area contributed by atoms with E-state index in [1.807, 2.05) is 4.90 Å². The number of hydrogen-bond donors (Lipinski definition) is 1. The van der Waals surface area contributed by atoms with Crippen LogP contribution < -0.4 is 10.2 Å². The van der Waals surface area contributed by atoms with E-state index in [1.54, 1.807) is 36.5 Å². The summed E-state index contributed by atoms with van der Waals surface area (Å²) < 4.78 is 58.0. The van der Waals surface area contributed by atoms with Crippen LogP contribution in [0.3, 0.4) is 0 Å². The molecular formula is C23H21F4N5O. The van der Waals surface area contributed by atoms with Crippen molar-refractivity contribution in [2.45, 2.75) is 12.7 Å². The van der Waals surface area contributed by atoms with Crippen LogP contribution in [0.2, 0.25) is 0 Å². The predicted molar refractivity (Wildman–Crippen MR) is 117 cm³/mol. The lowest BCUT2D eigenvalue weighted by atomic mass is 10.1. The lowest BCUT2D eigenvalue weighted by Crippen LogP contribution is -2.37. The van der Waals surface area contributed by atoms with Gasteiger partial charge in [-0.3, -0.25) is 4.99 Å². The molecular weight excluding hydrogens is 438 g/mol. The molecule has 0 saturated carbocycles. The number of rotatable bonds is 6. The molecule has 1 saturated heterocycles. The Labute approximate surface area is 188 Å². The second-order valence-corrected chi connectivity index (χ2v) is 7.35. The van der Waals surface area contributed by atoms with E-state index < -0.39 is 17.6 Å². The first-order valence-electron chi connectivity index (χ1n) is 10.3. The second-order valence-electron chi connectivity index (χ2n) is 7.35. The number of nitrogens with zero attached hydrogens (tertiary/aromatic N) is 4. The van der Waals surface area contributed by atoms with Crippen molar-refractivity contribution in [2.24, 2.45) is 4.99 Å². The number of anilines is 3. The Hall–Kier alpha value is -3.53. The highest BCUT2D eigenvalue weighted by Crippen LogP contribution is 2.31. The first-order chi connectivity index (χ1) is 15.9. The largest absolute Gasteiger partial charge is 0.416 e. The van der Waals surface area contributed by atoms with Crippen LogP contribution in [0.15, 0.2) is 59.7 Å². The number of ether oxygens (including phenoxy) is 1. The molecule has 0 atom stereocenters. The van der Waals surface area contributed by atoms with Crippen molar-refractivity contribution in [3.05, 3.63) is 77.5 Å². The summed E-state index contributed by atoms with van der Waals surface area (Å²) in [4.78, 5) is 14.4. The topological polar surface area (TPSA) is 62.6 Å². The summed E-state index contributed by atoms with van der Waals surface area (Å²) in [5, 5.41) is 2.95. The monoisotopic (exact) mass is 459 g/mol. The molecule has 1 fully saturated rings. The summed E-state index contributed by atoms with van der Waals surface area (Å²) in [5.74, 6) is 0.175. The third-order valence-corrected chi connectivity index (χ3v) is 4.95. The van der Waals surface area contributed by atoms with Crippen molar-refractivity contribution >= 4 is 23.4 Å². The lowest BCUT2D eigenvalue weighted by Gasteiger charge is -2.28. The van der Waals surface area contributed by atoms with E-state index in [0.717, 1.165) is 23.9 Å². The molecule has 1 aliphatic heterocycles. The van der Waals surface area contributed by atoms with Gasteiger partial charge in [0.15, 0.2) is 17.5 Å². The number of aromatic nitrogens is 2. The molecule has 1 aliphatic rings. The van der Waals surface area contributed by atoms with Gasteiger partial charge in [-0.15, -0.1) is 0 Å². The van der Waals surface area contributed by atoms with Crippen molar-refractivity contribution in [2.75, 3.05) is 36.5 Å². The SMILES string of the molecule is Fc1cnc(CN=Cc2ccc(Nc3cccc(C(F)(F)F)c3)cc2)nc1N1CCOCC1. The Morgan fingerprint density at radius 2 is 1.82 bits per heavy atom. The van der Waals surface area contributed by atoms with Crippen molar-refractivity contribution in [1.82, 2.24) is 9.97 Å². The average molecular weight is 459 g/mol. The number of aliphatic imine (C=N–C) groups is 1. The van der Waals surface area contributed by atoms with Crippen molar-refractivity contribution in [1.29, 1.82) is 0 Å². The second kappa shape index (κ2) is 9.95. The molecule has 172 valence electrons. The summed E-state index contributed by atoms with van der Waals surface area (Å²) in [6.07, 6.45) is -1.61. The fraction of sp³-hybridized carbons (Fsp3) is 0.261. The van der Waals surface area contributed by atoms with E-state index in [1.165, 1.54) is 6.07 Å². The number of nitrogens with one attached hydrogen (secondary N) is 1. The molecule has 2 aromatic carbocycles. The van der Waals surface area contributed by atoms with Crippen LogP contribution in [-0.2, 0) is 17.5 Å². The van der Waals surface area contributed by atoms with Crippen LogP contribution >= 0.6 is 0 Å². The van der Waals surface area contributed by atoms with Crippen molar-refractivity contribution in [3.63, 3.8) is 0 Å². The fourth-order valence-corrected chi connectivity index (χ4v) is 3.29. The molecule has 0 aliphatic carbocycles. The fourth-order valence-electron chi connectivity index (χ4n) is 3.29. The van der Waals surface area contributed by atoms with Crippen molar-refractivity contribution in [3.8, 4) is 0 Å². The number of benzene rings is 2. The molecule has 10 heteroatoms. The van der Waals surface area contributed by atoms with E-state index >= 15 is 0 Å². The first-order valence-corrected chi connectivity index (χ1v) is 10.3. The minimum atomic E-state index is -4.39. The van der Waals surface area contributed by atoms with E-state index in [9.17, 15) is 17.6 Å². The van der Waals surface area contributed by atoms with Crippen LogP contribution in [0.4, 0.5) is 34.8 Å². The Bertz CT molecular complexity index is 1110. The zero-order valence-electron chi connectivity index (χ0n) is 17.5. The highest BCUT2D eigenvalue weighted by molar-refractivity contribution is 5.80. The highest BCUT2D eigenvalue weighted by Gasteiger charge is 2.30. The van der Waals surface area contributed by atoms with Gasteiger partial charge in [0.05, 0.1) is 31.5 Å². The minimum absolute atomic E-state index is 0.182. The van der Waals surface area contributed by atoms with Crippen LogP contribution in [0.1, 0.15) is 17.0 Å². The molecule has 33 heavy (non-hydrogen) atoms. The molecule has 3 aromatic rings. The Balaban J connectivity index is 1.37. The zero-order chi connectivity index (χ0) is 23.3. The molecule has 0 bridgehead atoms. The van der Waals surface area contributed by atoms with Gasteiger partial charge >= 0.3 is 6.18 Å². The molecule has 1 N–H and O–H groups in total. The van der Waals surface area contributed by atoms with E-state index in [-0.39, 0.29) is 12.4 Å². The summed E-state index contributed by atoms with van der Waals surface area (Å²) in [6, 6.07) is 12.1. The molecule has 0 amide bonds.